The van der Waals surface area contributed by atoms with Gasteiger partial charge in [-0.2, -0.15) is 0 Å². The van der Waals surface area contributed by atoms with E-state index in [4.69, 9.17) is 4.74 Å². The molecule has 0 aliphatic carbocycles. The maximum absolute atomic E-state index is 12.8. The number of esters is 1. The summed E-state index contributed by atoms with van der Waals surface area (Å²) >= 11 is 1.15. The second-order valence-electron chi connectivity index (χ2n) is 6.72. The van der Waals surface area contributed by atoms with E-state index in [1.165, 1.54) is 10.9 Å². The number of carbonyl (C=O) groups is 2. The van der Waals surface area contributed by atoms with E-state index in [1.54, 1.807) is 13.8 Å². The van der Waals surface area contributed by atoms with Crippen molar-refractivity contribution in [2.75, 3.05) is 19.7 Å². The normalized spacial score (nSPS) is 17.5. The van der Waals surface area contributed by atoms with Crippen molar-refractivity contribution in [1.82, 2.24) is 14.5 Å². The largest absolute Gasteiger partial charge is 0.462 e. The van der Waals surface area contributed by atoms with Crippen molar-refractivity contribution in [2.45, 2.75) is 40.2 Å². The van der Waals surface area contributed by atoms with Crippen LogP contribution >= 0.6 is 11.3 Å². The Morgan fingerprint density at radius 1 is 1.42 bits per heavy atom. The molecule has 1 amide bonds. The minimum atomic E-state index is -0.447. The first-order valence-corrected chi connectivity index (χ1v) is 9.67. The highest BCUT2D eigenvalue weighted by molar-refractivity contribution is 7.20. The molecule has 0 radical (unpaired) electrons. The minimum Gasteiger partial charge on any atom is -0.462 e. The van der Waals surface area contributed by atoms with Crippen LogP contribution in [0.25, 0.3) is 10.2 Å². The quantitative estimate of drug-likeness (QED) is 0.763. The molecule has 0 bridgehead atoms. The molecule has 2 aromatic heterocycles. The molecule has 8 heteroatoms. The number of ether oxygens (including phenoxy) is 1. The van der Waals surface area contributed by atoms with Crippen LogP contribution in [0.5, 0.6) is 0 Å². The maximum Gasteiger partial charge on any atom is 0.348 e. The van der Waals surface area contributed by atoms with Crippen molar-refractivity contribution in [3.05, 3.63) is 27.1 Å². The lowest BCUT2D eigenvalue weighted by Gasteiger charge is -2.31. The third kappa shape index (κ3) is 3.51. The van der Waals surface area contributed by atoms with Gasteiger partial charge in [0, 0.05) is 13.1 Å². The standard InChI is InChI=1S/C18H23N3O4S/c1-4-25-18(24)15-12(3)14-16(26-15)19-10-21(17(14)23)9-13(22)20-7-5-6-11(2)8-20/h10-11H,4-9H2,1-3H3/t11-/m0/s1. The van der Waals surface area contributed by atoms with Gasteiger partial charge in [0.05, 0.1) is 18.3 Å². The zero-order valence-electron chi connectivity index (χ0n) is 15.3. The molecule has 7 nitrogen and oxygen atoms in total. The summed E-state index contributed by atoms with van der Waals surface area (Å²) in [6, 6.07) is 0. The molecule has 1 aliphatic rings. The fourth-order valence-corrected chi connectivity index (χ4v) is 4.36. The van der Waals surface area contributed by atoms with Crippen LogP contribution in [-0.2, 0) is 16.1 Å². The predicted molar refractivity (Wildman–Crippen MR) is 99.6 cm³/mol. The van der Waals surface area contributed by atoms with Crippen LogP contribution in [0.1, 0.15) is 41.9 Å². The minimum absolute atomic E-state index is 0.0292. The first-order valence-electron chi connectivity index (χ1n) is 8.85. The van der Waals surface area contributed by atoms with Crippen molar-refractivity contribution < 1.29 is 14.3 Å². The number of nitrogens with zero attached hydrogens (tertiary/aromatic N) is 3. The molecule has 2 aromatic rings. The highest BCUT2D eigenvalue weighted by atomic mass is 32.1. The lowest BCUT2D eigenvalue weighted by Crippen LogP contribution is -2.42. The summed E-state index contributed by atoms with van der Waals surface area (Å²) in [6.45, 7) is 7.29. The molecule has 1 saturated heterocycles. The van der Waals surface area contributed by atoms with Crippen LogP contribution in [0.4, 0.5) is 0 Å². The molecule has 0 N–H and O–H groups in total. The van der Waals surface area contributed by atoms with E-state index < -0.39 is 5.97 Å². The average Bonchev–Trinajstić information content (AvgIpc) is 2.95. The number of likely N-dealkylation sites (tertiary alicyclic amines) is 1. The molecule has 3 heterocycles. The topological polar surface area (TPSA) is 81.5 Å². The first-order chi connectivity index (χ1) is 12.4. The third-order valence-corrected chi connectivity index (χ3v) is 5.87. The third-order valence-electron chi connectivity index (χ3n) is 4.69. The van der Waals surface area contributed by atoms with Gasteiger partial charge in [0.15, 0.2) is 0 Å². The molecule has 0 saturated carbocycles. The molecular weight excluding hydrogens is 354 g/mol. The average molecular weight is 377 g/mol. The van der Waals surface area contributed by atoms with Crippen LogP contribution < -0.4 is 5.56 Å². The number of hydrogen-bond donors (Lipinski definition) is 0. The van der Waals surface area contributed by atoms with E-state index in [2.05, 4.69) is 11.9 Å². The lowest BCUT2D eigenvalue weighted by atomic mass is 10.0. The summed E-state index contributed by atoms with van der Waals surface area (Å²) in [5.74, 6) is -0.0353. The fourth-order valence-electron chi connectivity index (χ4n) is 3.32. The summed E-state index contributed by atoms with van der Waals surface area (Å²) < 4.78 is 6.37. The Morgan fingerprint density at radius 2 is 2.19 bits per heavy atom. The first kappa shape index (κ1) is 18.6. The molecule has 1 atom stereocenters. The highest BCUT2D eigenvalue weighted by Gasteiger charge is 2.23. The molecule has 1 fully saturated rings. The molecule has 0 spiro atoms. The maximum atomic E-state index is 12.8. The van der Waals surface area contributed by atoms with Gasteiger partial charge in [-0.25, -0.2) is 9.78 Å². The number of rotatable bonds is 4. The van der Waals surface area contributed by atoms with E-state index in [0.29, 0.717) is 26.6 Å². The van der Waals surface area contributed by atoms with E-state index in [-0.39, 0.29) is 24.6 Å². The van der Waals surface area contributed by atoms with Crippen LogP contribution in [-0.4, -0.2) is 46.0 Å². The van der Waals surface area contributed by atoms with Gasteiger partial charge in [-0.1, -0.05) is 6.92 Å². The number of thiophene rings is 1. The van der Waals surface area contributed by atoms with Gasteiger partial charge in [0.1, 0.15) is 16.3 Å². The molecule has 26 heavy (non-hydrogen) atoms. The van der Waals surface area contributed by atoms with Gasteiger partial charge in [-0.3, -0.25) is 14.2 Å². The number of carbonyl (C=O) groups excluding carboxylic acids is 2. The number of fused-ring (bicyclic) bond motifs is 1. The number of amides is 1. The SMILES string of the molecule is CCOC(=O)c1sc2ncn(CC(=O)N3CCC[C@H](C)C3)c(=O)c2c1C. The van der Waals surface area contributed by atoms with Crippen molar-refractivity contribution in [2.24, 2.45) is 5.92 Å². The fraction of sp³-hybridized carbons (Fsp3) is 0.556. The summed E-state index contributed by atoms with van der Waals surface area (Å²) in [5, 5.41) is 0.389. The molecule has 1 aliphatic heterocycles. The summed E-state index contributed by atoms with van der Waals surface area (Å²) in [4.78, 5) is 44.4. The Balaban J connectivity index is 1.89. The zero-order chi connectivity index (χ0) is 18.8. The Labute approximate surface area is 155 Å². The number of aryl methyl sites for hydroxylation is 1. The van der Waals surface area contributed by atoms with Crippen LogP contribution in [0.3, 0.4) is 0 Å². The molecule has 3 rings (SSSR count). The molecule has 0 unspecified atom stereocenters. The summed E-state index contributed by atoms with van der Waals surface area (Å²) in [5.41, 5.74) is 0.270. The zero-order valence-corrected chi connectivity index (χ0v) is 16.1. The lowest BCUT2D eigenvalue weighted by molar-refractivity contribution is -0.133. The Hall–Kier alpha value is -2.22. The van der Waals surface area contributed by atoms with Crippen molar-refractivity contribution >= 4 is 33.4 Å². The van der Waals surface area contributed by atoms with Crippen LogP contribution in [0.15, 0.2) is 11.1 Å². The van der Waals surface area contributed by atoms with Crippen molar-refractivity contribution in [3.8, 4) is 0 Å². The van der Waals surface area contributed by atoms with Gasteiger partial charge in [0.2, 0.25) is 5.91 Å². The summed E-state index contributed by atoms with van der Waals surface area (Å²) in [6.07, 6.45) is 3.51. The van der Waals surface area contributed by atoms with Gasteiger partial charge >= 0.3 is 5.97 Å². The molecular formula is C18H23N3O4S. The molecule has 140 valence electrons. The number of hydrogen-bond acceptors (Lipinski definition) is 6. The smallest absolute Gasteiger partial charge is 0.348 e. The van der Waals surface area contributed by atoms with E-state index in [9.17, 15) is 14.4 Å². The Kier molecular flexibility index (Phi) is 5.41. The molecule has 0 aromatic carbocycles. The second-order valence-corrected chi connectivity index (χ2v) is 7.72. The van der Waals surface area contributed by atoms with Gasteiger partial charge in [0.25, 0.3) is 5.56 Å². The number of piperidine rings is 1. The Morgan fingerprint density at radius 3 is 2.88 bits per heavy atom. The Bertz CT molecular complexity index is 902. The van der Waals surface area contributed by atoms with E-state index >= 15 is 0 Å². The second kappa shape index (κ2) is 7.57. The van der Waals surface area contributed by atoms with Crippen LogP contribution in [0, 0.1) is 12.8 Å². The van der Waals surface area contributed by atoms with Gasteiger partial charge < -0.3 is 9.64 Å². The van der Waals surface area contributed by atoms with Crippen LogP contribution in [0.2, 0.25) is 0 Å². The van der Waals surface area contributed by atoms with Crippen molar-refractivity contribution in [3.63, 3.8) is 0 Å². The van der Waals surface area contributed by atoms with Gasteiger partial charge in [-0.15, -0.1) is 11.3 Å². The van der Waals surface area contributed by atoms with Crippen molar-refractivity contribution in [1.29, 1.82) is 0 Å². The summed E-state index contributed by atoms with van der Waals surface area (Å²) in [7, 11) is 0. The van der Waals surface area contributed by atoms with Gasteiger partial charge in [-0.05, 0) is 38.2 Å². The van der Waals surface area contributed by atoms with E-state index in [0.717, 1.165) is 37.3 Å². The predicted octanol–water partition coefficient (Wildman–Crippen LogP) is 2.20. The monoisotopic (exact) mass is 377 g/mol. The highest BCUT2D eigenvalue weighted by Crippen LogP contribution is 2.27. The number of aromatic nitrogens is 2. The van der Waals surface area contributed by atoms with E-state index in [1.807, 2.05) is 4.90 Å².